The van der Waals surface area contributed by atoms with Crippen molar-refractivity contribution >= 4 is 33.9 Å². The molecule has 26 heavy (non-hydrogen) atoms. The Balaban J connectivity index is 1.47. The summed E-state index contributed by atoms with van der Waals surface area (Å²) in [6.07, 6.45) is 2.98. The van der Waals surface area contributed by atoms with E-state index in [1.165, 1.54) is 16.9 Å². The number of aromatic nitrogens is 2. The Morgan fingerprint density at radius 3 is 3.04 bits per heavy atom. The first-order chi connectivity index (χ1) is 12.6. The van der Waals surface area contributed by atoms with E-state index in [9.17, 15) is 4.79 Å². The van der Waals surface area contributed by atoms with E-state index in [0.717, 1.165) is 34.3 Å². The van der Waals surface area contributed by atoms with Gasteiger partial charge in [-0.05, 0) is 49.6 Å². The van der Waals surface area contributed by atoms with E-state index in [-0.39, 0.29) is 11.9 Å². The number of hydrogen-bond acceptors (Lipinski definition) is 5. The summed E-state index contributed by atoms with van der Waals surface area (Å²) in [6, 6.07) is 12.2. The molecule has 6 heteroatoms. The molecule has 1 amide bonds. The zero-order valence-electron chi connectivity index (χ0n) is 14.8. The van der Waals surface area contributed by atoms with E-state index in [1.807, 2.05) is 47.5 Å². The maximum atomic E-state index is 12.9. The minimum atomic E-state index is 0.0907. The van der Waals surface area contributed by atoms with E-state index in [4.69, 9.17) is 0 Å². The Morgan fingerprint density at radius 1 is 1.35 bits per heavy atom. The highest BCUT2D eigenvalue weighted by molar-refractivity contribution is 7.13. The molecular weight excluding hydrogens is 344 g/mol. The van der Waals surface area contributed by atoms with Crippen molar-refractivity contribution < 1.29 is 4.79 Å². The number of para-hydroxylation sites is 1. The fourth-order valence-electron chi connectivity index (χ4n) is 3.35. The van der Waals surface area contributed by atoms with Gasteiger partial charge in [-0.15, -0.1) is 11.3 Å². The molecule has 4 rings (SSSR count). The topological polar surface area (TPSA) is 58.1 Å². The van der Waals surface area contributed by atoms with Crippen LogP contribution in [0.25, 0.3) is 0 Å². The van der Waals surface area contributed by atoms with Crippen molar-refractivity contribution in [2.24, 2.45) is 0 Å². The van der Waals surface area contributed by atoms with Crippen molar-refractivity contribution in [3.8, 4) is 0 Å². The molecule has 0 spiro atoms. The van der Waals surface area contributed by atoms with Crippen LogP contribution in [0.2, 0.25) is 0 Å². The Labute approximate surface area is 156 Å². The number of nitrogens with zero attached hydrogens (tertiary/aromatic N) is 3. The van der Waals surface area contributed by atoms with Gasteiger partial charge in [-0.3, -0.25) is 4.79 Å². The number of hydrogen-bond donors (Lipinski definition) is 1. The number of aryl methyl sites for hydroxylation is 1. The van der Waals surface area contributed by atoms with Crippen LogP contribution in [0.5, 0.6) is 0 Å². The molecule has 0 saturated carbocycles. The van der Waals surface area contributed by atoms with Crippen LogP contribution in [0.1, 0.15) is 23.7 Å². The maximum absolute atomic E-state index is 12.9. The lowest BCUT2D eigenvalue weighted by Crippen LogP contribution is -2.36. The number of anilines is 3. The predicted octanol–water partition coefficient (Wildman–Crippen LogP) is 4.11. The Bertz CT molecular complexity index is 952. The van der Waals surface area contributed by atoms with Crippen LogP contribution >= 0.6 is 11.3 Å². The van der Waals surface area contributed by atoms with Crippen LogP contribution in [0.3, 0.4) is 0 Å². The minimum Gasteiger partial charge on any atom is -0.316 e. The summed E-state index contributed by atoms with van der Waals surface area (Å²) in [4.78, 5) is 23.6. The highest BCUT2D eigenvalue weighted by atomic mass is 32.1. The summed E-state index contributed by atoms with van der Waals surface area (Å²) in [5, 5.41) is 5.89. The molecule has 0 bridgehead atoms. The average Bonchev–Trinajstić information content (AvgIpc) is 3.17. The molecule has 132 valence electrons. The summed E-state index contributed by atoms with van der Waals surface area (Å²) in [6.45, 7) is 4.11. The number of carbonyl (C=O) groups is 1. The largest absolute Gasteiger partial charge is 0.316 e. The Morgan fingerprint density at radius 2 is 2.19 bits per heavy atom. The van der Waals surface area contributed by atoms with Gasteiger partial charge < -0.3 is 10.2 Å². The van der Waals surface area contributed by atoms with Crippen LogP contribution in [0.15, 0.2) is 48.0 Å². The molecule has 1 aliphatic rings. The highest BCUT2D eigenvalue weighted by Gasteiger charge is 2.30. The molecule has 0 fully saturated rings. The summed E-state index contributed by atoms with van der Waals surface area (Å²) in [7, 11) is 0. The van der Waals surface area contributed by atoms with E-state index in [0.29, 0.717) is 6.42 Å². The second-order valence-electron chi connectivity index (χ2n) is 6.61. The third-order valence-electron chi connectivity index (χ3n) is 4.51. The Hall–Kier alpha value is -2.73. The first-order valence-electron chi connectivity index (χ1n) is 8.64. The summed E-state index contributed by atoms with van der Waals surface area (Å²) < 4.78 is 0. The molecule has 2 aromatic heterocycles. The van der Waals surface area contributed by atoms with Crippen LogP contribution in [0.4, 0.5) is 16.6 Å². The number of amides is 1. The summed E-state index contributed by atoms with van der Waals surface area (Å²) >= 11 is 1.49. The van der Waals surface area contributed by atoms with E-state index >= 15 is 0 Å². The van der Waals surface area contributed by atoms with Crippen molar-refractivity contribution in [2.45, 2.75) is 32.7 Å². The van der Waals surface area contributed by atoms with Crippen molar-refractivity contribution in [1.29, 1.82) is 0 Å². The number of benzene rings is 1. The normalized spacial score (nSPS) is 15.8. The number of nitrogens with one attached hydrogen (secondary N) is 1. The monoisotopic (exact) mass is 364 g/mol. The minimum absolute atomic E-state index is 0.0907. The van der Waals surface area contributed by atoms with Gasteiger partial charge in [0.25, 0.3) is 0 Å². The van der Waals surface area contributed by atoms with E-state index < -0.39 is 0 Å². The van der Waals surface area contributed by atoms with Gasteiger partial charge in [-0.2, -0.15) is 0 Å². The van der Waals surface area contributed by atoms with Gasteiger partial charge in [0.2, 0.25) is 5.91 Å². The van der Waals surface area contributed by atoms with Gasteiger partial charge in [0.15, 0.2) is 5.13 Å². The third-order valence-corrected chi connectivity index (χ3v) is 5.32. The van der Waals surface area contributed by atoms with Crippen molar-refractivity contribution in [1.82, 2.24) is 9.97 Å². The number of fused-ring (bicyclic) bond motifs is 1. The molecule has 0 radical (unpaired) electrons. The van der Waals surface area contributed by atoms with Crippen molar-refractivity contribution in [3.05, 3.63) is 64.8 Å². The second-order valence-corrected chi connectivity index (χ2v) is 7.47. The molecule has 1 aromatic carbocycles. The lowest BCUT2D eigenvalue weighted by atomic mass is 10.1. The summed E-state index contributed by atoms with van der Waals surface area (Å²) in [5.41, 5.74) is 4.19. The second kappa shape index (κ2) is 6.88. The van der Waals surface area contributed by atoms with Gasteiger partial charge in [0.05, 0.1) is 12.1 Å². The number of pyridine rings is 1. The third kappa shape index (κ3) is 3.32. The molecule has 0 aliphatic carbocycles. The van der Waals surface area contributed by atoms with Gasteiger partial charge in [0, 0.05) is 23.3 Å². The molecule has 1 unspecified atom stereocenters. The quantitative estimate of drug-likeness (QED) is 0.757. The average molecular weight is 364 g/mol. The molecular formula is C20H20N4OS. The van der Waals surface area contributed by atoms with Gasteiger partial charge in [0.1, 0.15) is 5.82 Å². The van der Waals surface area contributed by atoms with Crippen LogP contribution in [-0.4, -0.2) is 21.9 Å². The van der Waals surface area contributed by atoms with Gasteiger partial charge in [-0.25, -0.2) is 9.97 Å². The summed E-state index contributed by atoms with van der Waals surface area (Å²) in [5.74, 6) is 0.854. The molecule has 5 nitrogen and oxygen atoms in total. The van der Waals surface area contributed by atoms with E-state index in [2.05, 4.69) is 28.3 Å². The molecule has 1 atom stereocenters. The molecule has 3 aromatic rings. The first kappa shape index (κ1) is 16.7. The van der Waals surface area contributed by atoms with Crippen LogP contribution in [0, 0.1) is 6.92 Å². The van der Waals surface area contributed by atoms with Crippen molar-refractivity contribution in [2.75, 3.05) is 10.2 Å². The SMILES string of the molecule is Cc1ccnc(Nc2nc(CC(=O)N3c4ccccc4CC3C)cs2)c1. The molecule has 1 N–H and O–H groups in total. The zero-order chi connectivity index (χ0) is 18.1. The molecule has 0 saturated heterocycles. The number of carbonyl (C=O) groups excluding carboxylic acids is 1. The molecule has 3 heterocycles. The van der Waals surface area contributed by atoms with Crippen molar-refractivity contribution in [3.63, 3.8) is 0 Å². The number of rotatable bonds is 4. The van der Waals surface area contributed by atoms with Gasteiger partial charge >= 0.3 is 0 Å². The lowest BCUT2D eigenvalue weighted by molar-refractivity contribution is -0.118. The van der Waals surface area contributed by atoms with Gasteiger partial charge in [-0.1, -0.05) is 18.2 Å². The van der Waals surface area contributed by atoms with Crippen LogP contribution < -0.4 is 10.2 Å². The number of thiazole rings is 1. The highest BCUT2D eigenvalue weighted by Crippen LogP contribution is 2.32. The fraction of sp³-hybridized carbons (Fsp3) is 0.250. The zero-order valence-corrected chi connectivity index (χ0v) is 15.6. The Kier molecular flexibility index (Phi) is 4.42. The smallest absolute Gasteiger partial charge is 0.233 e. The molecule has 1 aliphatic heterocycles. The van der Waals surface area contributed by atoms with E-state index in [1.54, 1.807) is 6.20 Å². The predicted molar refractivity (Wildman–Crippen MR) is 105 cm³/mol. The standard InChI is InChI=1S/C20H20N4OS/c1-13-7-8-21-18(9-13)23-20-22-16(12-26-20)11-19(25)24-14(2)10-15-5-3-4-6-17(15)24/h3-9,12,14H,10-11H2,1-2H3,(H,21,22,23). The first-order valence-corrected chi connectivity index (χ1v) is 9.52. The fourth-order valence-corrected chi connectivity index (χ4v) is 4.06. The maximum Gasteiger partial charge on any atom is 0.233 e. The lowest BCUT2D eigenvalue weighted by Gasteiger charge is -2.22. The van der Waals surface area contributed by atoms with Crippen LogP contribution in [-0.2, 0) is 17.6 Å².